The van der Waals surface area contributed by atoms with Crippen LogP contribution in [0.3, 0.4) is 0 Å². The molecule has 0 aromatic heterocycles. The van der Waals surface area contributed by atoms with Crippen molar-refractivity contribution in [3.8, 4) is 6.07 Å². The summed E-state index contributed by atoms with van der Waals surface area (Å²) < 4.78 is 0. The van der Waals surface area contributed by atoms with E-state index in [-0.39, 0.29) is 5.78 Å². The van der Waals surface area contributed by atoms with Gasteiger partial charge in [-0.05, 0) is 6.42 Å². The van der Waals surface area contributed by atoms with E-state index >= 15 is 0 Å². The third-order valence-corrected chi connectivity index (χ3v) is 1.56. The van der Waals surface area contributed by atoms with Crippen LogP contribution < -0.4 is 0 Å². The lowest BCUT2D eigenvalue weighted by Crippen LogP contribution is -1.97. The van der Waals surface area contributed by atoms with Crippen LogP contribution in [0.4, 0.5) is 0 Å². The van der Waals surface area contributed by atoms with E-state index in [1.807, 2.05) is 24.3 Å². The Morgan fingerprint density at radius 3 is 3.09 bits per heavy atom. The zero-order chi connectivity index (χ0) is 8.10. The summed E-state index contributed by atoms with van der Waals surface area (Å²) in [6.07, 6.45) is 7.18. The van der Waals surface area contributed by atoms with Gasteiger partial charge < -0.3 is 0 Å². The van der Waals surface area contributed by atoms with Crippen LogP contribution in [-0.2, 0) is 4.79 Å². The Hall–Kier alpha value is -1.36. The minimum absolute atomic E-state index is 0.0836. The van der Waals surface area contributed by atoms with Crippen molar-refractivity contribution in [2.45, 2.75) is 19.3 Å². The van der Waals surface area contributed by atoms with Crippen molar-refractivity contribution in [2.24, 2.45) is 0 Å². The maximum absolute atomic E-state index is 11.1. The molecule has 0 amide bonds. The molecule has 1 aliphatic rings. The molecule has 0 saturated carbocycles. The fraction of sp³-hybridized carbons (Fsp3) is 0.333. The molecule has 0 saturated heterocycles. The zero-order valence-corrected chi connectivity index (χ0v) is 6.21. The normalized spacial score (nSPS) is 14.3. The summed E-state index contributed by atoms with van der Waals surface area (Å²) in [5.41, 5.74) is 0.764. The predicted octanol–water partition coefficient (Wildman–Crippen LogP) is 1.75. The molecule has 0 aliphatic heterocycles. The van der Waals surface area contributed by atoms with E-state index in [9.17, 15) is 4.79 Å². The smallest absolute Gasteiger partial charge is 0.163 e. The van der Waals surface area contributed by atoms with Crippen molar-refractivity contribution in [3.05, 3.63) is 23.8 Å². The highest BCUT2D eigenvalue weighted by Crippen LogP contribution is 2.11. The summed E-state index contributed by atoms with van der Waals surface area (Å²) in [5.74, 6) is 0.0836. The molecule has 0 N–H and O–H groups in total. The van der Waals surface area contributed by atoms with Crippen LogP contribution in [0.15, 0.2) is 23.8 Å². The second-order valence-electron chi connectivity index (χ2n) is 2.38. The number of rotatable bonds is 3. The third-order valence-electron chi connectivity index (χ3n) is 1.56. The number of nitrogens with zero attached hydrogens (tertiary/aromatic N) is 1. The van der Waals surface area contributed by atoms with Gasteiger partial charge in [-0.25, -0.2) is 0 Å². The van der Waals surface area contributed by atoms with Gasteiger partial charge in [-0.2, -0.15) is 5.26 Å². The molecule has 0 aromatic rings. The van der Waals surface area contributed by atoms with Gasteiger partial charge in [0.25, 0.3) is 0 Å². The molecule has 11 heavy (non-hydrogen) atoms. The van der Waals surface area contributed by atoms with Gasteiger partial charge in [-0.3, -0.25) is 4.79 Å². The van der Waals surface area contributed by atoms with Crippen molar-refractivity contribution in [3.63, 3.8) is 0 Å². The van der Waals surface area contributed by atoms with Crippen LogP contribution in [0.5, 0.6) is 0 Å². The Morgan fingerprint density at radius 2 is 2.55 bits per heavy atom. The van der Waals surface area contributed by atoms with Crippen LogP contribution in [0.25, 0.3) is 0 Å². The molecule has 0 heterocycles. The molecular formula is C9H9NO. The highest BCUT2D eigenvalue weighted by molar-refractivity contribution is 5.98. The average molecular weight is 147 g/mol. The van der Waals surface area contributed by atoms with E-state index in [1.54, 1.807) is 0 Å². The molecule has 1 aliphatic carbocycles. The lowest BCUT2D eigenvalue weighted by Gasteiger charge is -1.93. The number of allylic oxidation sites excluding steroid dienone is 4. The quantitative estimate of drug-likeness (QED) is 0.610. The van der Waals surface area contributed by atoms with E-state index in [0.717, 1.165) is 12.0 Å². The molecule has 2 heteroatoms. The molecule has 0 unspecified atom stereocenters. The Kier molecular flexibility index (Phi) is 2.62. The van der Waals surface area contributed by atoms with Crippen molar-refractivity contribution in [1.82, 2.24) is 0 Å². The summed E-state index contributed by atoms with van der Waals surface area (Å²) in [7, 11) is 0. The number of nitriles is 1. The van der Waals surface area contributed by atoms with Gasteiger partial charge in [0.05, 0.1) is 6.07 Å². The van der Waals surface area contributed by atoms with Crippen molar-refractivity contribution < 1.29 is 4.79 Å². The molecule has 0 aromatic carbocycles. The summed E-state index contributed by atoms with van der Waals surface area (Å²) >= 11 is 0. The number of ketones is 1. The average Bonchev–Trinajstić information content (AvgIpc) is 2.52. The van der Waals surface area contributed by atoms with Gasteiger partial charge in [0.2, 0.25) is 0 Å². The van der Waals surface area contributed by atoms with Crippen molar-refractivity contribution >= 4 is 5.78 Å². The molecule has 0 radical (unpaired) electrons. The minimum Gasteiger partial charge on any atom is -0.294 e. The Morgan fingerprint density at radius 1 is 1.73 bits per heavy atom. The van der Waals surface area contributed by atoms with E-state index in [4.69, 9.17) is 5.26 Å². The molecule has 2 nitrogen and oxygen atoms in total. The van der Waals surface area contributed by atoms with Gasteiger partial charge in [0, 0.05) is 18.4 Å². The minimum atomic E-state index is 0.0836. The van der Waals surface area contributed by atoms with Gasteiger partial charge in [0.1, 0.15) is 0 Å². The SMILES string of the molecule is N#CCCC(=O)C1=CCC=C1. The first-order chi connectivity index (χ1) is 5.34. The topological polar surface area (TPSA) is 40.9 Å². The van der Waals surface area contributed by atoms with E-state index in [2.05, 4.69) is 0 Å². The van der Waals surface area contributed by atoms with Gasteiger partial charge in [0.15, 0.2) is 5.78 Å². The molecule has 0 spiro atoms. The van der Waals surface area contributed by atoms with Gasteiger partial charge in [-0.15, -0.1) is 0 Å². The van der Waals surface area contributed by atoms with E-state index in [0.29, 0.717) is 12.8 Å². The summed E-state index contributed by atoms with van der Waals surface area (Å²) in [4.78, 5) is 11.1. The Labute approximate surface area is 65.8 Å². The molecule has 0 fully saturated rings. The number of carbonyl (C=O) groups is 1. The van der Waals surface area contributed by atoms with Crippen molar-refractivity contribution in [1.29, 1.82) is 5.26 Å². The lowest BCUT2D eigenvalue weighted by molar-refractivity contribution is -0.115. The fourth-order valence-electron chi connectivity index (χ4n) is 0.979. The van der Waals surface area contributed by atoms with Crippen LogP contribution in [0, 0.1) is 11.3 Å². The number of hydrogen-bond donors (Lipinski definition) is 0. The Bertz CT molecular complexity index is 255. The predicted molar refractivity (Wildman–Crippen MR) is 41.7 cm³/mol. The van der Waals surface area contributed by atoms with Crippen LogP contribution >= 0.6 is 0 Å². The standard InChI is InChI=1S/C9H9NO/c10-7-3-6-9(11)8-4-1-2-5-8/h1,4-5H,2-3,6H2. The van der Waals surface area contributed by atoms with Crippen molar-refractivity contribution in [2.75, 3.05) is 0 Å². The maximum atomic E-state index is 11.1. The summed E-state index contributed by atoms with van der Waals surface area (Å²) in [6.45, 7) is 0. The van der Waals surface area contributed by atoms with Gasteiger partial charge in [-0.1, -0.05) is 18.2 Å². The first kappa shape index (κ1) is 7.74. The number of carbonyl (C=O) groups excluding carboxylic acids is 1. The second-order valence-corrected chi connectivity index (χ2v) is 2.38. The van der Waals surface area contributed by atoms with E-state index in [1.165, 1.54) is 0 Å². The van der Waals surface area contributed by atoms with E-state index < -0.39 is 0 Å². The highest BCUT2D eigenvalue weighted by Gasteiger charge is 2.07. The Balaban J connectivity index is 2.43. The van der Waals surface area contributed by atoms with Crippen LogP contribution in [-0.4, -0.2) is 5.78 Å². The number of Topliss-reactive ketones (excluding diaryl/α,β-unsaturated/α-hetero) is 1. The van der Waals surface area contributed by atoms with Crippen LogP contribution in [0.2, 0.25) is 0 Å². The second kappa shape index (κ2) is 3.72. The highest BCUT2D eigenvalue weighted by atomic mass is 16.1. The molecule has 56 valence electrons. The summed E-state index contributed by atoms with van der Waals surface area (Å²) in [6, 6.07) is 1.95. The maximum Gasteiger partial charge on any atom is 0.163 e. The lowest BCUT2D eigenvalue weighted by atomic mass is 10.1. The number of hydrogen-bond acceptors (Lipinski definition) is 2. The molecular weight excluding hydrogens is 138 g/mol. The third kappa shape index (κ3) is 2.05. The van der Waals surface area contributed by atoms with Gasteiger partial charge >= 0.3 is 0 Å². The summed E-state index contributed by atoms with van der Waals surface area (Å²) in [5, 5.41) is 8.22. The largest absolute Gasteiger partial charge is 0.294 e. The molecule has 0 bridgehead atoms. The zero-order valence-electron chi connectivity index (χ0n) is 6.21. The molecule has 0 atom stereocenters. The monoisotopic (exact) mass is 147 g/mol. The fourth-order valence-corrected chi connectivity index (χ4v) is 0.979. The van der Waals surface area contributed by atoms with Crippen LogP contribution in [0.1, 0.15) is 19.3 Å². The first-order valence-electron chi connectivity index (χ1n) is 3.61. The molecule has 1 rings (SSSR count). The first-order valence-corrected chi connectivity index (χ1v) is 3.61.